The lowest BCUT2D eigenvalue weighted by atomic mass is 10.1. The molecule has 0 radical (unpaired) electrons. The zero-order valence-corrected chi connectivity index (χ0v) is 9.83. The molecule has 0 saturated carbocycles. The molecule has 0 aliphatic carbocycles. The second-order valence-corrected chi connectivity index (χ2v) is 4.55. The molecule has 3 heteroatoms. The minimum Gasteiger partial charge on any atom is -0.245 e. The Balaban J connectivity index is 2.49. The molecular formula is C13H7BrFN. The molecule has 0 bridgehead atoms. The topological polar surface area (TPSA) is 12.9 Å². The van der Waals surface area contributed by atoms with Gasteiger partial charge >= 0.3 is 0 Å². The van der Waals surface area contributed by atoms with E-state index in [-0.39, 0.29) is 5.82 Å². The lowest BCUT2D eigenvalue weighted by Crippen LogP contribution is -1.86. The Kier molecular flexibility index (Phi) is 2.14. The number of hydrogen-bond acceptors (Lipinski definition) is 1. The van der Waals surface area contributed by atoms with E-state index in [0.29, 0.717) is 5.52 Å². The van der Waals surface area contributed by atoms with E-state index in [9.17, 15) is 4.39 Å². The van der Waals surface area contributed by atoms with Gasteiger partial charge in [-0.2, -0.15) is 0 Å². The van der Waals surface area contributed by atoms with Gasteiger partial charge < -0.3 is 0 Å². The maximum absolute atomic E-state index is 13.5. The number of benzene rings is 2. The summed E-state index contributed by atoms with van der Waals surface area (Å²) in [5, 5.41) is 1.84. The van der Waals surface area contributed by atoms with Gasteiger partial charge in [-0.25, -0.2) is 9.37 Å². The van der Waals surface area contributed by atoms with E-state index >= 15 is 0 Å². The Bertz CT molecular complexity index is 694. The third-order valence-electron chi connectivity index (χ3n) is 2.55. The number of pyridine rings is 1. The summed E-state index contributed by atoms with van der Waals surface area (Å²) in [6.45, 7) is 0. The van der Waals surface area contributed by atoms with Crippen molar-refractivity contribution in [2.24, 2.45) is 0 Å². The van der Waals surface area contributed by atoms with Crippen molar-refractivity contribution in [3.8, 4) is 0 Å². The van der Waals surface area contributed by atoms with Crippen LogP contribution in [0.2, 0.25) is 0 Å². The average molecular weight is 276 g/mol. The number of nitrogens with zero attached hydrogens (tertiary/aromatic N) is 1. The summed E-state index contributed by atoms with van der Waals surface area (Å²) >= 11 is 3.38. The highest BCUT2D eigenvalue weighted by molar-refractivity contribution is 9.10. The molecule has 0 unspecified atom stereocenters. The fourth-order valence-corrected chi connectivity index (χ4v) is 2.14. The first-order chi connectivity index (χ1) is 7.74. The number of halogens is 2. The van der Waals surface area contributed by atoms with Crippen LogP contribution in [0, 0.1) is 5.82 Å². The zero-order chi connectivity index (χ0) is 11.1. The minimum atomic E-state index is -0.278. The number of fused-ring (bicyclic) bond motifs is 2. The highest BCUT2D eigenvalue weighted by atomic mass is 79.9. The van der Waals surface area contributed by atoms with Gasteiger partial charge in [-0.15, -0.1) is 0 Å². The molecule has 0 fully saturated rings. The summed E-state index contributed by atoms with van der Waals surface area (Å²) in [5.41, 5.74) is 1.22. The zero-order valence-electron chi connectivity index (χ0n) is 8.24. The van der Waals surface area contributed by atoms with Crippen molar-refractivity contribution in [2.75, 3.05) is 0 Å². The second kappa shape index (κ2) is 3.52. The van der Waals surface area contributed by atoms with Crippen LogP contribution in [0.4, 0.5) is 4.39 Å². The molecule has 78 valence electrons. The lowest BCUT2D eigenvalue weighted by Gasteiger charge is -2.02. The molecule has 0 aliphatic rings. The number of para-hydroxylation sites is 1. The van der Waals surface area contributed by atoms with Gasteiger partial charge in [-0.05, 0) is 24.3 Å². The van der Waals surface area contributed by atoms with Crippen molar-refractivity contribution >= 4 is 37.7 Å². The Morgan fingerprint density at radius 3 is 2.75 bits per heavy atom. The van der Waals surface area contributed by atoms with Crippen molar-refractivity contribution in [3.63, 3.8) is 0 Å². The van der Waals surface area contributed by atoms with Crippen molar-refractivity contribution in [2.45, 2.75) is 0 Å². The Morgan fingerprint density at radius 2 is 1.88 bits per heavy atom. The van der Waals surface area contributed by atoms with E-state index < -0.39 is 0 Å². The third-order valence-corrected chi connectivity index (χ3v) is 3.05. The molecule has 0 spiro atoms. The molecule has 1 aromatic heterocycles. The highest BCUT2D eigenvalue weighted by Crippen LogP contribution is 2.23. The van der Waals surface area contributed by atoms with Gasteiger partial charge in [0.2, 0.25) is 0 Å². The summed E-state index contributed by atoms with van der Waals surface area (Å²) in [6, 6.07) is 12.8. The first-order valence-corrected chi connectivity index (χ1v) is 5.68. The van der Waals surface area contributed by atoms with Gasteiger partial charge in [0.05, 0.1) is 5.52 Å². The Hall–Kier alpha value is -1.48. The molecule has 0 amide bonds. The van der Waals surface area contributed by atoms with Crippen LogP contribution < -0.4 is 0 Å². The summed E-state index contributed by atoms with van der Waals surface area (Å²) in [6.07, 6.45) is 0. The first kappa shape index (κ1) is 9.73. The van der Waals surface area contributed by atoms with E-state index in [1.54, 1.807) is 6.07 Å². The monoisotopic (exact) mass is 275 g/mol. The van der Waals surface area contributed by atoms with Crippen molar-refractivity contribution < 1.29 is 4.39 Å². The quantitative estimate of drug-likeness (QED) is 0.558. The number of aromatic nitrogens is 1. The van der Waals surface area contributed by atoms with E-state index in [1.165, 1.54) is 6.07 Å². The molecule has 0 N–H and O–H groups in total. The van der Waals surface area contributed by atoms with E-state index in [2.05, 4.69) is 20.9 Å². The fourth-order valence-electron chi connectivity index (χ4n) is 1.79. The van der Waals surface area contributed by atoms with Crippen LogP contribution in [0.15, 0.2) is 46.9 Å². The summed E-state index contributed by atoms with van der Waals surface area (Å²) in [7, 11) is 0. The van der Waals surface area contributed by atoms with Gasteiger partial charge in [0.1, 0.15) is 11.3 Å². The highest BCUT2D eigenvalue weighted by Gasteiger charge is 2.04. The SMILES string of the molecule is Fc1cccc2cc3ccc(Br)cc3nc12. The lowest BCUT2D eigenvalue weighted by molar-refractivity contribution is 0.637. The van der Waals surface area contributed by atoms with Gasteiger partial charge in [0.15, 0.2) is 0 Å². The van der Waals surface area contributed by atoms with Crippen LogP contribution in [-0.4, -0.2) is 4.98 Å². The van der Waals surface area contributed by atoms with Crippen LogP contribution in [0.25, 0.3) is 21.8 Å². The molecule has 3 rings (SSSR count). The fraction of sp³-hybridized carbons (Fsp3) is 0. The molecule has 2 aromatic carbocycles. The normalized spacial score (nSPS) is 11.1. The van der Waals surface area contributed by atoms with Crippen LogP contribution in [0.1, 0.15) is 0 Å². The van der Waals surface area contributed by atoms with Gasteiger partial charge in [-0.3, -0.25) is 0 Å². The molecule has 1 nitrogen and oxygen atoms in total. The van der Waals surface area contributed by atoms with Crippen LogP contribution in [0.5, 0.6) is 0 Å². The Labute approximate surface area is 100 Å². The molecule has 0 atom stereocenters. The summed E-state index contributed by atoms with van der Waals surface area (Å²) < 4.78 is 14.5. The maximum Gasteiger partial charge on any atom is 0.149 e. The van der Waals surface area contributed by atoms with E-state index in [1.807, 2.05) is 30.3 Å². The van der Waals surface area contributed by atoms with Gasteiger partial charge in [-0.1, -0.05) is 34.1 Å². The molecular weight excluding hydrogens is 269 g/mol. The standard InChI is InChI=1S/C13H7BrFN/c14-10-5-4-8-6-9-2-1-3-11(15)13(9)16-12(8)7-10/h1-7H. The van der Waals surface area contributed by atoms with Crippen molar-refractivity contribution in [1.29, 1.82) is 0 Å². The minimum absolute atomic E-state index is 0.278. The molecule has 0 aliphatic heterocycles. The first-order valence-electron chi connectivity index (χ1n) is 4.88. The smallest absolute Gasteiger partial charge is 0.149 e. The number of hydrogen-bond donors (Lipinski definition) is 0. The van der Waals surface area contributed by atoms with E-state index in [4.69, 9.17) is 0 Å². The van der Waals surface area contributed by atoms with Crippen LogP contribution in [0.3, 0.4) is 0 Å². The van der Waals surface area contributed by atoms with E-state index in [0.717, 1.165) is 20.8 Å². The number of rotatable bonds is 0. The van der Waals surface area contributed by atoms with Crippen molar-refractivity contribution in [3.05, 3.63) is 52.8 Å². The van der Waals surface area contributed by atoms with Crippen LogP contribution >= 0.6 is 15.9 Å². The molecule has 1 heterocycles. The third kappa shape index (κ3) is 1.48. The molecule has 0 saturated heterocycles. The largest absolute Gasteiger partial charge is 0.245 e. The van der Waals surface area contributed by atoms with Gasteiger partial charge in [0.25, 0.3) is 0 Å². The van der Waals surface area contributed by atoms with Crippen molar-refractivity contribution in [1.82, 2.24) is 4.98 Å². The average Bonchev–Trinajstić information content (AvgIpc) is 2.28. The Morgan fingerprint density at radius 1 is 1.00 bits per heavy atom. The summed E-state index contributed by atoms with van der Waals surface area (Å²) in [5.74, 6) is -0.278. The second-order valence-electron chi connectivity index (χ2n) is 3.64. The maximum atomic E-state index is 13.5. The predicted molar refractivity (Wildman–Crippen MR) is 66.9 cm³/mol. The van der Waals surface area contributed by atoms with Gasteiger partial charge in [0, 0.05) is 15.2 Å². The summed E-state index contributed by atoms with van der Waals surface area (Å²) in [4.78, 5) is 4.33. The predicted octanol–water partition coefficient (Wildman–Crippen LogP) is 4.29. The molecule has 3 aromatic rings. The molecule has 16 heavy (non-hydrogen) atoms. The van der Waals surface area contributed by atoms with Crippen LogP contribution in [-0.2, 0) is 0 Å².